The van der Waals surface area contributed by atoms with Crippen LogP contribution < -0.4 is 0 Å². The van der Waals surface area contributed by atoms with E-state index in [1.54, 1.807) is 0 Å². The van der Waals surface area contributed by atoms with Gasteiger partial charge in [0, 0.05) is 0 Å². The summed E-state index contributed by atoms with van der Waals surface area (Å²) in [7, 11) is 0. The highest BCUT2D eigenvalue weighted by atomic mass is 19.2. The van der Waals surface area contributed by atoms with Crippen LogP contribution in [-0.4, -0.2) is 12.1 Å². The average molecular weight is 240 g/mol. The number of rotatable bonds is 2. The van der Waals surface area contributed by atoms with Gasteiger partial charge in [-0.1, -0.05) is 12.5 Å². The molecule has 0 aliphatic heterocycles. The molecule has 0 amide bonds. The molecule has 2 rings (SSSR count). The van der Waals surface area contributed by atoms with Gasteiger partial charge in [0.15, 0.2) is 11.6 Å². The Kier molecular flexibility index (Phi) is 3.71. The van der Waals surface area contributed by atoms with Gasteiger partial charge in [-0.05, 0) is 37.8 Å². The highest BCUT2D eigenvalue weighted by molar-refractivity contribution is 5.89. The number of hydrogen-bond donors (Lipinski definition) is 0. The minimum Gasteiger partial charge on any atom is -0.459 e. The van der Waals surface area contributed by atoms with Gasteiger partial charge in [0.05, 0.1) is 5.56 Å². The first-order valence-corrected chi connectivity index (χ1v) is 5.83. The maximum atomic E-state index is 13.3. The summed E-state index contributed by atoms with van der Waals surface area (Å²) in [6.45, 7) is 0. The summed E-state index contributed by atoms with van der Waals surface area (Å²) >= 11 is 0. The Hall–Kier alpha value is -1.45. The lowest BCUT2D eigenvalue weighted by Crippen LogP contribution is -2.21. The van der Waals surface area contributed by atoms with Gasteiger partial charge in [-0.3, -0.25) is 0 Å². The van der Waals surface area contributed by atoms with Gasteiger partial charge in [-0.25, -0.2) is 13.6 Å². The maximum Gasteiger partial charge on any atom is 0.341 e. The molecular formula is C13H14F2O2. The zero-order valence-corrected chi connectivity index (χ0v) is 9.42. The largest absolute Gasteiger partial charge is 0.459 e. The average Bonchev–Trinajstić information content (AvgIpc) is 2.34. The van der Waals surface area contributed by atoms with Crippen molar-refractivity contribution < 1.29 is 18.3 Å². The minimum atomic E-state index is -1.13. The number of carbonyl (C=O) groups excluding carboxylic acids is 1. The molecule has 0 N–H and O–H groups in total. The van der Waals surface area contributed by atoms with Crippen LogP contribution in [-0.2, 0) is 4.74 Å². The van der Waals surface area contributed by atoms with E-state index in [1.807, 2.05) is 0 Å². The van der Waals surface area contributed by atoms with E-state index in [4.69, 9.17) is 4.74 Å². The van der Waals surface area contributed by atoms with Gasteiger partial charge < -0.3 is 4.74 Å². The predicted octanol–water partition coefficient (Wildman–Crippen LogP) is 3.45. The molecule has 4 heteroatoms. The summed E-state index contributed by atoms with van der Waals surface area (Å²) in [5.41, 5.74) is -0.324. The first kappa shape index (κ1) is 12.0. The van der Waals surface area contributed by atoms with E-state index in [2.05, 4.69) is 0 Å². The Labute approximate surface area is 98.6 Å². The second-order valence-corrected chi connectivity index (χ2v) is 4.27. The van der Waals surface area contributed by atoms with Crippen molar-refractivity contribution >= 4 is 5.97 Å². The highest BCUT2D eigenvalue weighted by Crippen LogP contribution is 2.22. The third-order valence-electron chi connectivity index (χ3n) is 3.00. The fourth-order valence-corrected chi connectivity index (χ4v) is 2.06. The lowest BCUT2D eigenvalue weighted by molar-refractivity contribution is 0.0205. The molecule has 2 nitrogen and oxygen atoms in total. The van der Waals surface area contributed by atoms with Crippen LogP contribution in [0.1, 0.15) is 42.5 Å². The van der Waals surface area contributed by atoms with E-state index in [0.29, 0.717) is 0 Å². The Morgan fingerprint density at radius 3 is 2.59 bits per heavy atom. The van der Waals surface area contributed by atoms with E-state index in [1.165, 1.54) is 12.1 Å². The first-order valence-electron chi connectivity index (χ1n) is 5.83. The second-order valence-electron chi connectivity index (χ2n) is 4.27. The molecule has 92 valence electrons. The summed E-state index contributed by atoms with van der Waals surface area (Å²) in [5, 5.41) is 0. The molecular weight excluding hydrogens is 226 g/mol. The molecule has 0 unspecified atom stereocenters. The van der Waals surface area contributed by atoms with Gasteiger partial charge >= 0.3 is 5.97 Å². The number of benzene rings is 1. The minimum absolute atomic E-state index is 0.154. The number of hydrogen-bond acceptors (Lipinski definition) is 2. The third-order valence-corrected chi connectivity index (χ3v) is 3.00. The Morgan fingerprint density at radius 2 is 1.88 bits per heavy atom. The number of ether oxygens (including phenoxy) is 1. The van der Waals surface area contributed by atoms with Crippen LogP contribution in [0.15, 0.2) is 18.2 Å². The predicted molar refractivity (Wildman–Crippen MR) is 58.6 cm³/mol. The zero-order valence-electron chi connectivity index (χ0n) is 9.42. The molecule has 0 spiro atoms. The SMILES string of the molecule is O=C(OC1CCCCC1)c1cccc(F)c1F. The first-order chi connectivity index (χ1) is 8.18. The van der Waals surface area contributed by atoms with E-state index in [0.717, 1.165) is 38.2 Å². The van der Waals surface area contributed by atoms with Gasteiger partial charge in [0.2, 0.25) is 0 Å². The molecule has 1 aromatic rings. The van der Waals surface area contributed by atoms with Crippen LogP contribution in [0.5, 0.6) is 0 Å². The van der Waals surface area contributed by atoms with E-state index < -0.39 is 17.6 Å². The highest BCUT2D eigenvalue weighted by Gasteiger charge is 2.21. The van der Waals surface area contributed by atoms with Gasteiger partial charge in [0.25, 0.3) is 0 Å². The topological polar surface area (TPSA) is 26.3 Å². The van der Waals surface area contributed by atoms with Crippen molar-refractivity contribution in [2.75, 3.05) is 0 Å². The third kappa shape index (κ3) is 2.81. The molecule has 1 fully saturated rings. The van der Waals surface area contributed by atoms with Crippen molar-refractivity contribution in [2.45, 2.75) is 38.2 Å². The standard InChI is InChI=1S/C13H14F2O2/c14-11-8-4-7-10(12(11)15)13(16)17-9-5-2-1-3-6-9/h4,7-9H,1-3,5-6H2. The molecule has 17 heavy (non-hydrogen) atoms. The van der Waals surface area contributed by atoms with Crippen molar-refractivity contribution in [1.29, 1.82) is 0 Å². The van der Waals surface area contributed by atoms with Crippen LogP contribution in [0.3, 0.4) is 0 Å². The summed E-state index contributed by atoms with van der Waals surface area (Å²) in [6.07, 6.45) is 4.64. The molecule has 0 atom stereocenters. The molecule has 0 saturated heterocycles. The molecule has 1 saturated carbocycles. The van der Waals surface area contributed by atoms with Crippen LogP contribution in [0.25, 0.3) is 0 Å². The molecule has 1 aromatic carbocycles. The Balaban J connectivity index is 2.06. The molecule has 0 radical (unpaired) electrons. The summed E-state index contributed by atoms with van der Waals surface area (Å²) in [6, 6.07) is 3.52. The van der Waals surface area contributed by atoms with Crippen molar-refractivity contribution in [3.8, 4) is 0 Å². The van der Waals surface area contributed by atoms with E-state index in [-0.39, 0.29) is 11.7 Å². The molecule has 0 bridgehead atoms. The summed E-state index contributed by atoms with van der Waals surface area (Å²) in [5.74, 6) is -2.93. The van der Waals surface area contributed by atoms with Crippen LogP contribution in [0, 0.1) is 11.6 Å². The maximum absolute atomic E-state index is 13.3. The second kappa shape index (κ2) is 5.25. The fourth-order valence-electron chi connectivity index (χ4n) is 2.06. The Bertz CT molecular complexity index is 412. The quantitative estimate of drug-likeness (QED) is 0.740. The van der Waals surface area contributed by atoms with Crippen molar-refractivity contribution in [3.63, 3.8) is 0 Å². The van der Waals surface area contributed by atoms with Gasteiger partial charge in [0.1, 0.15) is 6.10 Å². The zero-order chi connectivity index (χ0) is 12.3. The fraction of sp³-hybridized carbons (Fsp3) is 0.462. The van der Waals surface area contributed by atoms with E-state index in [9.17, 15) is 13.6 Å². The van der Waals surface area contributed by atoms with Crippen LogP contribution >= 0.6 is 0 Å². The molecule has 0 aromatic heterocycles. The monoisotopic (exact) mass is 240 g/mol. The van der Waals surface area contributed by atoms with Gasteiger partial charge in [-0.2, -0.15) is 0 Å². The number of esters is 1. The van der Waals surface area contributed by atoms with Crippen LogP contribution in [0.2, 0.25) is 0 Å². The smallest absolute Gasteiger partial charge is 0.341 e. The van der Waals surface area contributed by atoms with Crippen molar-refractivity contribution in [1.82, 2.24) is 0 Å². The molecule has 1 aliphatic carbocycles. The molecule has 0 heterocycles. The van der Waals surface area contributed by atoms with Gasteiger partial charge in [-0.15, -0.1) is 0 Å². The summed E-state index contributed by atoms with van der Waals surface area (Å²) in [4.78, 5) is 11.7. The van der Waals surface area contributed by atoms with Crippen molar-refractivity contribution in [3.05, 3.63) is 35.4 Å². The van der Waals surface area contributed by atoms with Crippen LogP contribution in [0.4, 0.5) is 8.78 Å². The lowest BCUT2D eigenvalue weighted by Gasteiger charge is -2.21. The summed E-state index contributed by atoms with van der Waals surface area (Å²) < 4.78 is 31.4. The Morgan fingerprint density at radius 1 is 1.18 bits per heavy atom. The number of carbonyl (C=O) groups is 1. The van der Waals surface area contributed by atoms with Crippen molar-refractivity contribution in [2.24, 2.45) is 0 Å². The normalized spacial score (nSPS) is 16.8. The number of halogens is 2. The lowest BCUT2D eigenvalue weighted by atomic mass is 9.98. The van der Waals surface area contributed by atoms with E-state index >= 15 is 0 Å². The molecule has 1 aliphatic rings.